The van der Waals surface area contributed by atoms with Gasteiger partial charge in [0.15, 0.2) is 11.5 Å². The van der Waals surface area contributed by atoms with Crippen molar-refractivity contribution in [3.05, 3.63) is 17.7 Å². The van der Waals surface area contributed by atoms with Crippen LogP contribution in [0.3, 0.4) is 0 Å². The zero-order valence-electron chi connectivity index (χ0n) is 7.56. The van der Waals surface area contributed by atoms with Crippen LogP contribution in [0.2, 0.25) is 0 Å². The number of phosphoric acid groups is 1. The molecule has 0 aliphatic rings. The number of aromatic hydroxyl groups is 2. The lowest BCUT2D eigenvalue weighted by Crippen LogP contribution is -1.97. The van der Waals surface area contributed by atoms with Gasteiger partial charge in [-0.05, 0) is 12.1 Å². The third-order valence-electron chi connectivity index (χ3n) is 1.51. The molecule has 8 nitrogen and oxygen atoms in total. The molecule has 0 amide bonds. The van der Waals surface area contributed by atoms with Crippen molar-refractivity contribution in [1.82, 2.24) is 0 Å². The van der Waals surface area contributed by atoms with Gasteiger partial charge in [0.2, 0.25) is 5.75 Å². The standard InChI is InChI=1S/C7H7O8P/c8-4-1-3(7(10)11)2-5(9)6(4)15-16(12,13)14/h1-2,8-9H,(H,10,11)(H2,12,13,14). The molecule has 0 radical (unpaired) electrons. The third-order valence-corrected chi connectivity index (χ3v) is 1.93. The minimum absolute atomic E-state index is 0.451. The summed E-state index contributed by atoms with van der Waals surface area (Å²) in [4.78, 5) is 27.4. The van der Waals surface area contributed by atoms with E-state index in [9.17, 15) is 19.6 Å². The normalized spacial score (nSPS) is 11.1. The molecule has 0 unspecified atom stereocenters. The molecule has 0 aliphatic heterocycles. The molecule has 0 spiro atoms. The second-order valence-corrected chi connectivity index (χ2v) is 3.89. The van der Waals surface area contributed by atoms with Crippen LogP contribution in [0.25, 0.3) is 0 Å². The van der Waals surface area contributed by atoms with E-state index in [4.69, 9.17) is 14.9 Å². The van der Waals surface area contributed by atoms with Gasteiger partial charge < -0.3 is 19.8 Å². The largest absolute Gasteiger partial charge is 0.525 e. The molecule has 0 fully saturated rings. The van der Waals surface area contributed by atoms with Crippen LogP contribution >= 0.6 is 7.82 Å². The summed E-state index contributed by atoms with van der Waals surface area (Å²) in [7, 11) is -4.95. The first-order chi connectivity index (χ1) is 7.20. The van der Waals surface area contributed by atoms with Crippen LogP contribution in [-0.2, 0) is 4.57 Å². The number of benzene rings is 1. The highest BCUT2D eigenvalue weighted by Crippen LogP contribution is 2.46. The second-order valence-electron chi connectivity index (χ2n) is 2.73. The molecule has 1 rings (SSSR count). The maximum absolute atomic E-state index is 10.5. The second kappa shape index (κ2) is 4.01. The van der Waals surface area contributed by atoms with Crippen molar-refractivity contribution in [2.24, 2.45) is 0 Å². The molecule has 0 heterocycles. The molecule has 1 aromatic rings. The van der Waals surface area contributed by atoms with Crippen LogP contribution in [-0.4, -0.2) is 31.1 Å². The van der Waals surface area contributed by atoms with Gasteiger partial charge in [-0.25, -0.2) is 9.36 Å². The zero-order valence-corrected chi connectivity index (χ0v) is 8.46. The Balaban J connectivity index is 3.23. The van der Waals surface area contributed by atoms with Crippen molar-refractivity contribution >= 4 is 13.8 Å². The fourth-order valence-electron chi connectivity index (χ4n) is 0.934. The number of aromatic carboxylic acids is 1. The van der Waals surface area contributed by atoms with Crippen molar-refractivity contribution in [2.75, 3.05) is 0 Å². The molecular formula is C7H7O8P. The summed E-state index contributed by atoms with van der Waals surface area (Å²) in [5.74, 6) is -4.08. The minimum Gasteiger partial charge on any atom is -0.504 e. The minimum atomic E-state index is -4.95. The lowest BCUT2D eigenvalue weighted by Gasteiger charge is -2.10. The van der Waals surface area contributed by atoms with Gasteiger partial charge in [0.05, 0.1) is 5.56 Å². The van der Waals surface area contributed by atoms with Crippen LogP contribution in [0.4, 0.5) is 0 Å². The molecule has 9 heteroatoms. The van der Waals surface area contributed by atoms with Gasteiger partial charge in [-0.15, -0.1) is 0 Å². The summed E-state index contributed by atoms with van der Waals surface area (Å²) in [5, 5.41) is 26.9. The van der Waals surface area contributed by atoms with E-state index in [0.29, 0.717) is 12.1 Å². The fourth-order valence-corrected chi connectivity index (χ4v) is 1.36. The van der Waals surface area contributed by atoms with Crippen molar-refractivity contribution in [1.29, 1.82) is 0 Å². The van der Waals surface area contributed by atoms with Crippen LogP contribution in [0.15, 0.2) is 12.1 Å². The van der Waals surface area contributed by atoms with Crippen LogP contribution in [0.5, 0.6) is 17.2 Å². The van der Waals surface area contributed by atoms with E-state index in [1.54, 1.807) is 0 Å². The maximum atomic E-state index is 10.5. The fraction of sp³-hybridized carbons (Fsp3) is 0. The Bertz CT molecular complexity index is 452. The van der Waals surface area contributed by atoms with E-state index in [1.807, 2.05) is 0 Å². The van der Waals surface area contributed by atoms with Gasteiger partial charge in [0.25, 0.3) is 0 Å². The van der Waals surface area contributed by atoms with E-state index in [0.717, 1.165) is 0 Å². The quantitative estimate of drug-likeness (QED) is 0.480. The highest BCUT2D eigenvalue weighted by Gasteiger charge is 2.23. The molecule has 0 aromatic heterocycles. The first-order valence-corrected chi connectivity index (χ1v) is 5.28. The van der Waals surface area contributed by atoms with Crippen molar-refractivity contribution in [2.45, 2.75) is 0 Å². The SMILES string of the molecule is O=C(O)c1cc(O)c(OP(=O)(O)O)c(O)c1. The highest BCUT2D eigenvalue weighted by molar-refractivity contribution is 7.46. The number of hydrogen-bond donors (Lipinski definition) is 5. The lowest BCUT2D eigenvalue weighted by molar-refractivity contribution is 0.0696. The summed E-state index contributed by atoms with van der Waals surface area (Å²) in [6.07, 6.45) is 0. The Morgan fingerprint density at radius 1 is 1.19 bits per heavy atom. The molecule has 0 atom stereocenters. The number of carboxylic acid groups (broad SMARTS) is 1. The van der Waals surface area contributed by atoms with E-state index in [2.05, 4.69) is 4.52 Å². The van der Waals surface area contributed by atoms with E-state index in [1.165, 1.54) is 0 Å². The number of phenols is 2. The van der Waals surface area contributed by atoms with Gasteiger partial charge in [0.1, 0.15) is 0 Å². The first-order valence-electron chi connectivity index (χ1n) is 3.75. The van der Waals surface area contributed by atoms with Crippen LogP contribution in [0, 0.1) is 0 Å². The Hall–Kier alpha value is -1.76. The number of rotatable bonds is 3. The summed E-state index contributed by atoms with van der Waals surface area (Å²) in [5.41, 5.74) is -0.451. The van der Waals surface area contributed by atoms with E-state index < -0.39 is 36.6 Å². The molecule has 0 saturated carbocycles. The average Bonchev–Trinajstić information content (AvgIpc) is 2.09. The van der Waals surface area contributed by atoms with Crippen LogP contribution < -0.4 is 4.52 Å². The Morgan fingerprint density at radius 2 is 1.62 bits per heavy atom. The summed E-state index contributed by atoms with van der Waals surface area (Å²) >= 11 is 0. The van der Waals surface area contributed by atoms with E-state index in [-0.39, 0.29) is 0 Å². The molecule has 0 bridgehead atoms. The molecular weight excluding hydrogens is 243 g/mol. The number of hydrogen-bond acceptors (Lipinski definition) is 5. The number of phenolic OH excluding ortho intramolecular Hbond substituents is 2. The average molecular weight is 250 g/mol. The predicted octanol–water partition coefficient (Wildman–Crippen LogP) is 0.267. The topological polar surface area (TPSA) is 145 Å². The number of phosphoric ester groups is 1. The van der Waals surface area contributed by atoms with Gasteiger partial charge in [-0.1, -0.05) is 0 Å². The summed E-state index contributed by atoms with van der Waals surface area (Å²) < 4.78 is 14.4. The van der Waals surface area contributed by atoms with Crippen molar-refractivity contribution < 1.29 is 39.0 Å². The predicted molar refractivity (Wildman–Crippen MR) is 49.4 cm³/mol. The first kappa shape index (κ1) is 12.3. The van der Waals surface area contributed by atoms with Crippen molar-refractivity contribution in [3.8, 4) is 17.2 Å². The molecule has 0 saturated heterocycles. The lowest BCUT2D eigenvalue weighted by atomic mass is 10.2. The molecule has 1 aromatic carbocycles. The highest BCUT2D eigenvalue weighted by atomic mass is 31.2. The Morgan fingerprint density at radius 3 is 1.94 bits per heavy atom. The number of carboxylic acids is 1. The van der Waals surface area contributed by atoms with Gasteiger partial charge >= 0.3 is 13.8 Å². The van der Waals surface area contributed by atoms with Gasteiger partial charge in [-0.2, -0.15) is 0 Å². The zero-order chi connectivity index (χ0) is 12.5. The summed E-state index contributed by atoms with van der Waals surface area (Å²) in [6, 6.07) is 1.38. The van der Waals surface area contributed by atoms with Gasteiger partial charge in [0, 0.05) is 0 Å². The monoisotopic (exact) mass is 250 g/mol. The summed E-state index contributed by atoms with van der Waals surface area (Å²) in [6.45, 7) is 0. The molecule has 0 aliphatic carbocycles. The third kappa shape index (κ3) is 2.86. The Kier molecular flexibility index (Phi) is 3.09. The Labute approximate surface area is 88.6 Å². The molecule has 16 heavy (non-hydrogen) atoms. The van der Waals surface area contributed by atoms with Crippen molar-refractivity contribution in [3.63, 3.8) is 0 Å². The molecule has 5 N–H and O–H groups in total. The van der Waals surface area contributed by atoms with Crippen LogP contribution in [0.1, 0.15) is 10.4 Å². The van der Waals surface area contributed by atoms with E-state index >= 15 is 0 Å². The molecule has 88 valence electrons. The maximum Gasteiger partial charge on any atom is 0.525 e. The van der Waals surface area contributed by atoms with Gasteiger partial charge in [-0.3, -0.25) is 9.79 Å². The number of carbonyl (C=O) groups is 1. The smallest absolute Gasteiger partial charge is 0.504 e.